The summed E-state index contributed by atoms with van der Waals surface area (Å²) >= 11 is 1.42. The summed E-state index contributed by atoms with van der Waals surface area (Å²) in [5.41, 5.74) is 11.7. The van der Waals surface area contributed by atoms with Crippen LogP contribution in [-0.2, 0) is 6.54 Å². The Morgan fingerprint density at radius 2 is 2.22 bits per heavy atom. The second-order valence-electron chi connectivity index (χ2n) is 4.69. The predicted octanol–water partition coefficient (Wildman–Crippen LogP) is 0.849. The van der Waals surface area contributed by atoms with Gasteiger partial charge in [-0.3, -0.25) is 4.79 Å². The molecule has 0 spiro atoms. The molecule has 0 radical (unpaired) electrons. The van der Waals surface area contributed by atoms with Crippen molar-refractivity contribution >= 4 is 17.2 Å². The van der Waals surface area contributed by atoms with E-state index >= 15 is 0 Å². The molecule has 100 valence electrons. The Bertz CT molecular complexity index is 407. The molecule has 1 fully saturated rings. The van der Waals surface area contributed by atoms with Crippen LogP contribution in [0.2, 0.25) is 0 Å². The summed E-state index contributed by atoms with van der Waals surface area (Å²) < 4.78 is 0. The molecule has 1 amide bonds. The number of carbonyl (C=O) groups is 1. The predicted molar refractivity (Wildman–Crippen MR) is 72.3 cm³/mol. The molecule has 18 heavy (non-hydrogen) atoms. The van der Waals surface area contributed by atoms with Crippen LogP contribution in [0.15, 0.2) is 5.38 Å². The molecule has 1 aromatic heterocycles. The average Bonchev–Trinajstić information content (AvgIpc) is 2.88. The summed E-state index contributed by atoms with van der Waals surface area (Å²) in [5.74, 6) is 0.298. The van der Waals surface area contributed by atoms with Crippen molar-refractivity contribution in [1.29, 1.82) is 0 Å². The first-order valence-electron chi connectivity index (χ1n) is 6.40. The summed E-state index contributed by atoms with van der Waals surface area (Å²) in [6.45, 7) is 1.02. The molecule has 0 aliphatic heterocycles. The second kappa shape index (κ2) is 6.26. The van der Waals surface area contributed by atoms with Crippen LogP contribution in [0.25, 0.3) is 0 Å². The van der Waals surface area contributed by atoms with E-state index in [0.717, 1.165) is 24.3 Å². The van der Waals surface area contributed by atoms with Crippen molar-refractivity contribution in [2.24, 2.45) is 17.4 Å². The van der Waals surface area contributed by atoms with Gasteiger partial charge in [-0.15, -0.1) is 11.3 Å². The number of aromatic nitrogens is 1. The number of hydrogen-bond donors (Lipinski definition) is 3. The minimum Gasteiger partial charge on any atom is -0.348 e. The maximum atomic E-state index is 12.1. The first kappa shape index (κ1) is 13.5. The van der Waals surface area contributed by atoms with Crippen LogP contribution in [0.5, 0.6) is 0 Å². The topological polar surface area (TPSA) is 94.0 Å². The lowest BCUT2D eigenvalue weighted by atomic mass is 9.84. The van der Waals surface area contributed by atoms with Gasteiger partial charge in [-0.25, -0.2) is 4.98 Å². The van der Waals surface area contributed by atoms with Crippen molar-refractivity contribution in [1.82, 2.24) is 10.3 Å². The van der Waals surface area contributed by atoms with Crippen LogP contribution in [0.3, 0.4) is 0 Å². The molecule has 6 heteroatoms. The highest BCUT2D eigenvalue weighted by Crippen LogP contribution is 2.23. The van der Waals surface area contributed by atoms with Crippen LogP contribution in [-0.4, -0.2) is 23.5 Å². The molecule has 1 aliphatic carbocycles. The molecule has 1 heterocycles. The van der Waals surface area contributed by atoms with Gasteiger partial charge in [0.15, 0.2) is 0 Å². The van der Waals surface area contributed by atoms with Crippen LogP contribution < -0.4 is 16.8 Å². The van der Waals surface area contributed by atoms with Crippen molar-refractivity contribution in [2.45, 2.75) is 38.3 Å². The Balaban J connectivity index is 1.97. The molecule has 5 nitrogen and oxygen atoms in total. The highest BCUT2D eigenvalue weighted by Gasteiger charge is 2.26. The number of thiazole rings is 1. The van der Waals surface area contributed by atoms with E-state index in [4.69, 9.17) is 11.5 Å². The fourth-order valence-corrected chi connectivity index (χ4v) is 3.09. The van der Waals surface area contributed by atoms with E-state index in [2.05, 4.69) is 10.3 Å². The summed E-state index contributed by atoms with van der Waals surface area (Å²) in [6.07, 6.45) is 4.49. The standard InChI is InChI=1S/C12H20N4OS/c13-5-8-3-1-2-4-9(8)16-12(17)10-7-18-11(6-14)15-10/h7-9H,1-6,13-14H2,(H,16,17). The van der Waals surface area contributed by atoms with Crippen LogP contribution >= 0.6 is 11.3 Å². The Morgan fingerprint density at radius 3 is 2.89 bits per heavy atom. The van der Waals surface area contributed by atoms with Gasteiger partial charge in [-0.05, 0) is 25.3 Å². The van der Waals surface area contributed by atoms with Gasteiger partial charge in [0.2, 0.25) is 0 Å². The Morgan fingerprint density at radius 1 is 1.44 bits per heavy atom. The molecular formula is C12H20N4OS. The lowest BCUT2D eigenvalue weighted by Gasteiger charge is -2.31. The van der Waals surface area contributed by atoms with Gasteiger partial charge in [0, 0.05) is 18.0 Å². The van der Waals surface area contributed by atoms with Gasteiger partial charge in [0.05, 0.1) is 0 Å². The van der Waals surface area contributed by atoms with E-state index in [0.29, 0.717) is 24.7 Å². The summed E-state index contributed by atoms with van der Waals surface area (Å²) in [7, 11) is 0. The summed E-state index contributed by atoms with van der Waals surface area (Å²) in [4.78, 5) is 16.3. The maximum Gasteiger partial charge on any atom is 0.270 e. The van der Waals surface area contributed by atoms with Crippen LogP contribution in [0.4, 0.5) is 0 Å². The second-order valence-corrected chi connectivity index (χ2v) is 5.63. The molecule has 5 N–H and O–H groups in total. The third kappa shape index (κ3) is 3.07. The van der Waals surface area contributed by atoms with Gasteiger partial charge >= 0.3 is 0 Å². The minimum atomic E-state index is -0.101. The molecule has 2 unspecified atom stereocenters. The van der Waals surface area contributed by atoms with E-state index in [9.17, 15) is 4.79 Å². The highest BCUT2D eigenvalue weighted by atomic mass is 32.1. The minimum absolute atomic E-state index is 0.101. The number of carbonyl (C=O) groups excluding carboxylic acids is 1. The lowest BCUT2D eigenvalue weighted by Crippen LogP contribution is -2.44. The van der Waals surface area contributed by atoms with Crippen molar-refractivity contribution < 1.29 is 4.79 Å². The zero-order valence-corrected chi connectivity index (χ0v) is 11.2. The summed E-state index contributed by atoms with van der Waals surface area (Å²) in [6, 6.07) is 0.194. The van der Waals surface area contributed by atoms with Gasteiger partial charge in [0.1, 0.15) is 10.7 Å². The van der Waals surface area contributed by atoms with Gasteiger partial charge in [-0.1, -0.05) is 12.8 Å². The zero-order chi connectivity index (χ0) is 13.0. The Labute approximate surface area is 111 Å². The number of rotatable bonds is 4. The molecule has 1 saturated carbocycles. The number of nitrogens with one attached hydrogen (secondary N) is 1. The van der Waals surface area contributed by atoms with Crippen LogP contribution in [0, 0.1) is 5.92 Å². The third-order valence-corrected chi connectivity index (χ3v) is 4.36. The van der Waals surface area contributed by atoms with Crippen molar-refractivity contribution in [3.05, 3.63) is 16.1 Å². The number of nitrogens with two attached hydrogens (primary N) is 2. The third-order valence-electron chi connectivity index (χ3n) is 3.49. The smallest absolute Gasteiger partial charge is 0.270 e. The van der Waals surface area contributed by atoms with Gasteiger partial charge in [-0.2, -0.15) is 0 Å². The van der Waals surface area contributed by atoms with Gasteiger partial charge < -0.3 is 16.8 Å². The lowest BCUT2D eigenvalue weighted by molar-refractivity contribution is 0.0903. The monoisotopic (exact) mass is 268 g/mol. The fraction of sp³-hybridized carbons (Fsp3) is 0.667. The van der Waals surface area contributed by atoms with Gasteiger partial charge in [0.25, 0.3) is 5.91 Å². The van der Waals surface area contributed by atoms with Crippen molar-refractivity contribution in [3.63, 3.8) is 0 Å². The fourth-order valence-electron chi connectivity index (χ4n) is 2.43. The number of amides is 1. The molecule has 2 rings (SSSR count). The highest BCUT2D eigenvalue weighted by molar-refractivity contribution is 7.09. The molecule has 0 saturated heterocycles. The van der Waals surface area contributed by atoms with E-state index in [-0.39, 0.29) is 11.9 Å². The molecule has 2 atom stereocenters. The Hall–Kier alpha value is -0.980. The molecule has 0 bridgehead atoms. The maximum absolute atomic E-state index is 12.1. The van der Waals surface area contributed by atoms with Crippen molar-refractivity contribution in [2.75, 3.05) is 6.54 Å². The van der Waals surface area contributed by atoms with Crippen molar-refractivity contribution in [3.8, 4) is 0 Å². The summed E-state index contributed by atoms with van der Waals surface area (Å²) in [5, 5.41) is 5.61. The normalized spacial score (nSPS) is 23.9. The first-order chi connectivity index (χ1) is 8.74. The van der Waals surface area contributed by atoms with E-state index in [1.807, 2.05) is 0 Å². The SMILES string of the molecule is NCc1nc(C(=O)NC2CCCCC2CN)cs1. The molecule has 0 aromatic carbocycles. The quantitative estimate of drug-likeness (QED) is 0.754. The number of hydrogen-bond acceptors (Lipinski definition) is 5. The molecular weight excluding hydrogens is 248 g/mol. The largest absolute Gasteiger partial charge is 0.348 e. The van der Waals surface area contributed by atoms with E-state index in [1.165, 1.54) is 17.8 Å². The van der Waals surface area contributed by atoms with Crippen LogP contribution in [0.1, 0.15) is 41.2 Å². The molecule has 1 aliphatic rings. The van der Waals surface area contributed by atoms with E-state index < -0.39 is 0 Å². The first-order valence-corrected chi connectivity index (χ1v) is 7.28. The average molecular weight is 268 g/mol. The Kier molecular flexibility index (Phi) is 4.68. The molecule has 1 aromatic rings. The zero-order valence-electron chi connectivity index (χ0n) is 10.4. The van der Waals surface area contributed by atoms with E-state index in [1.54, 1.807) is 5.38 Å². The number of nitrogens with zero attached hydrogens (tertiary/aromatic N) is 1.